The van der Waals surface area contributed by atoms with Gasteiger partial charge in [0.05, 0.1) is 0 Å². The molecule has 0 aliphatic heterocycles. The summed E-state index contributed by atoms with van der Waals surface area (Å²) in [5.41, 5.74) is 2.54. The highest BCUT2D eigenvalue weighted by Gasteiger charge is 2.13. The van der Waals surface area contributed by atoms with E-state index >= 15 is 0 Å². The van der Waals surface area contributed by atoms with E-state index in [1.54, 1.807) is 12.3 Å². The molecule has 0 aliphatic carbocycles. The molecule has 2 aromatic rings. The molecule has 1 aromatic carbocycles. The van der Waals surface area contributed by atoms with Crippen molar-refractivity contribution in [1.82, 2.24) is 10.3 Å². The van der Waals surface area contributed by atoms with Crippen LogP contribution >= 0.6 is 0 Å². The Bertz CT molecular complexity index is 584. The van der Waals surface area contributed by atoms with Crippen LogP contribution in [0.4, 0.5) is 0 Å². The number of aliphatic hydroxyl groups excluding tert-OH is 1. The van der Waals surface area contributed by atoms with Crippen molar-refractivity contribution in [3.8, 4) is 0 Å². The van der Waals surface area contributed by atoms with E-state index in [1.807, 2.05) is 43.3 Å². The fourth-order valence-corrected chi connectivity index (χ4v) is 2.18. The monoisotopic (exact) mass is 284 g/mol. The highest BCUT2D eigenvalue weighted by molar-refractivity contribution is 5.95. The van der Waals surface area contributed by atoms with Crippen molar-refractivity contribution in [2.75, 3.05) is 13.2 Å². The van der Waals surface area contributed by atoms with Gasteiger partial charge in [-0.15, -0.1) is 0 Å². The van der Waals surface area contributed by atoms with Crippen LogP contribution in [0.1, 0.15) is 21.6 Å². The van der Waals surface area contributed by atoms with Crippen molar-refractivity contribution in [2.45, 2.75) is 13.3 Å². The Morgan fingerprint density at radius 1 is 1.24 bits per heavy atom. The topological polar surface area (TPSA) is 62.2 Å². The highest BCUT2D eigenvalue weighted by atomic mass is 16.3. The van der Waals surface area contributed by atoms with Gasteiger partial charge in [0.25, 0.3) is 5.91 Å². The quantitative estimate of drug-likeness (QED) is 0.852. The summed E-state index contributed by atoms with van der Waals surface area (Å²) in [5, 5.41) is 12.3. The molecule has 0 bridgehead atoms. The third-order valence-electron chi connectivity index (χ3n) is 3.42. The molecule has 4 nitrogen and oxygen atoms in total. The van der Waals surface area contributed by atoms with Crippen molar-refractivity contribution in [3.63, 3.8) is 0 Å². The van der Waals surface area contributed by atoms with Gasteiger partial charge < -0.3 is 10.4 Å². The SMILES string of the molecule is Cc1ccccc1C(=O)NCC(CO)Cc1ccccn1. The number of nitrogens with one attached hydrogen (secondary N) is 1. The summed E-state index contributed by atoms with van der Waals surface area (Å²) in [6, 6.07) is 13.2. The van der Waals surface area contributed by atoms with Crippen molar-refractivity contribution >= 4 is 5.91 Å². The molecule has 0 spiro atoms. The summed E-state index contributed by atoms with van der Waals surface area (Å²) in [4.78, 5) is 16.4. The van der Waals surface area contributed by atoms with Gasteiger partial charge in [0.1, 0.15) is 0 Å². The summed E-state index contributed by atoms with van der Waals surface area (Å²) < 4.78 is 0. The number of aliphatic hydroxyl groups is 1. The standard InChI is InChI=1S/C17H20N2O2/c1-13-6-2-3-8-16(13)17(21)19-11-14(12-20)10-15-7-4-5-9-18-15/h2-9,14,20H,10-12H2,1H3,(H,19,21). The molecule has 0 aliphatic rings. The Balaban J connectivity index is 1.91. The number of hydrogen-bond donors (Lipinski definition) is 2. The van der Waals surface area contributed by atoms with Crippen LogP contribution in [-0.2, 0) is 6.42 Å². The van der Waals surface area contributed by atoms with Gasteiger partial charge in [-0.3, -0.25) is 9.78 Å². The van der Waals surface area contributed by atoms with E-state index in [4.69, 9.17) is 0 Å². The first-order chi connectivity index (χ1) is 10.2. The van der Waals surface area contributed by atoms with Crippen molar-refractivity contribution < 1.29 is 9.90 Å². The number of nitrogens with zero attached hydrogens (tertiary/aromatic N) is 1. The van der Waals surface area contributed by atoms with Gasteiger partial charge in [-0.25, -0.2) is 0 Å². The van der Waals surface area contributed by atoms with Crippen molar-refractivity contribution in [3.05, 3.63) is 65.5 Å². The number of carbonyl (C=O) groups excluding carboxylic acids is 1. The number of aromatic nitrogens is 1. The zero-order valence-corrected chi connectivity index (χ0v) is 12.1. The molecule has 1 unspecified atom stereocenters. The average molecular weight is 284 g/mol. The van der Waals surface area contributed by atoms with Crippen LogP contribution in [0.5, 0.6) is 0 Å². The minimum atomic E-state index is -0.104. The second kappa shape index (κ2) is 7.55. The van der Waals surface area contributed by atoms with E-state index in [1.165, 1.54) is 0 Å². The fourth-order valence-electron chi connectivity index (χ4n) is 2.18. The van der Waals surface area contributed by atoms with E-state index < -0.39 is 0 Å². The molecule has 2 rings (SSSR count). The molecular formula is C17H20N2O2. The van der Waals surface area contributed by atoms with E-state index in [2.05, 4.69) is 10.3 Å². The molecular weight excluding hydrogens is 264 g/mol. The molecule has 0 fully saturated rings. The van der Waals surface area contributed by atoms with Crippen LogP contribution < -0.4 is 5.32 Å². The lowest BCUT2D eigenvalue weighted by Gasteiger charge is -2.15. The second-order valence-corrected chi connectivity index (χ2v) is 5.10. The third kappa shape index (κ3) is 4.39. The first-order valence-corrected chi connectivity index (χ1v) is 7.05. The molecule has 4 heteroatoms. The van der Waals surface area contributed by atoms with Gasteiger partial charge in [0.2, 0.25) is 0 Å². The number of benzene rings is 1. The van der Waals surface area contributed by atoms with E-state index in [0.29, 0.717) is 18.5 Å². The number of amides is 1. The van der Waals surface area contributed by atoms with Crippen LogP contribution in [0.2, 0.25) is 0 Å². The summed E-state index contributed by atoms with van der Waals surface area (Å²) in [7, 11) is 0. The van der Waals surface area contributed by atoms with Crippen LogP contribution in [0.25, 0.3) is 0 Å². The number of carbonyl (C=O) groups is 1. The maximum Gasteiger partial charge on any atom is 0.251 e. The highest BCUT2D eigenvalue weighted by Crippen LogP contribution is 2.08. The van der Waals surface area contributed by atoms with Gasteiger partial charge in [-0.05, 0) is 37.1 Å². The van der Waals surface area contributed by atoms with Crippen molar-refractivity contribution in [1.29, 1.82) is 0 Å². The largest absolute Gasteiger partial charge is 0.396 e. The smallest absolute Gasteiger partial charge is 0.251 e. The minimum absolute atomic E-state index is 0.0185. The van der Waals surface area contributed by atoms with Crippen LogP contribution in [0, 0.1) is 12.8 Å². The molecule has 1 heterocycles. The summed E-state index contributed by atoms with van der Waals surface area (Å²) in [5.74, 6) is -0.138. The van der Waals surface area contributed by atoms with Gasteiger partial charge in [0.15, 0.2) is 0 Å². The van der Waals surface area contributed by atoms with Gasteiger partial charge in [0, 0.05) is 36.5 Å². The molecule has 0 radical (unpaired) electrons. The summed E-state index contributed by atoms with van der Waals surface area (Å²) in [6.07, 6.45) is 2.38. The Morgan fingerprint density at radius 3 is 2.67 bits per heavy atom. The number of hydrogen-bond acceptors (Lipinski definition) is 3. The van der Waals surface area contributed by atoms with Gasteiger partial charge in [-0.2, -0.15) is 0 Å². The van der Waals surface area contributed by atoms with Crippen LogP contribution in [-0.4, -0.2) is 29.1 Å². The minimum Gasteiger partial charge on any atom is -0.396 e. The molecule has 1 amide bonds. The van der Waals surface area contributed by atoms with Crippen LogP contribution in [0.15, 0.2) is 48.7 Å². The second-order valence-electron chi connectivity index (χ2n) is 5.10. The predicted molar refractivity (Wildman–Crippen MR) is 82.0 cm³/mol. The third-order valence-corrected chi connectivity index (χ3v) is 3.42. The number of aryl methyl sites for hydroxylation is 1. The van der Waals surface area contributed by atoms with Gasteiger partial charge in [-0.1, -0.05) is 24.3 Å². The van der Waals surface area contributed by atoms with Gasteiger partial charge >= 0.3 is 0 Å². The Labute approximate surface area is 124 Å². The molecule has 2 N–H and O–H groups in total. The first-order valence-electron chi connectivity index (χ1n) is 7.05. The van der Waals surface area contributed by atoms with E-state index in [-0.39, 0.29) is 18.4 Å². The van der Waals surface area contributed by atoms with Crippen LogP contribution in [0.3, 0.4) is 0 Å². The molecule has 110 valence electrons. The van der Waals surface area contributed by atoms with E-state index in [9.17, 15) is 9.90 Å². The Hall–Kier alpha value is -2.20. The summed E-state index contributed by atoms with van der Waals surface area (Å²) >= 11 is 0. The zero-order valence-electron chi connectivity index (χ0n) is 12.1. The lowest BCUT2D eigenvalue weighted by atomic mass is 10.0. The summed E-state index contributed by atoms with van der Waals surface area (Å²) in [6.45, 7) is 2.36. The molecule has 21 heavy (non-hydrogen) atoms. The lowest BCUT2D eigenvalue weighted by molar-refractivity contribution is 0.0939. The predicted octanol–water partition coefficient (Wildman–Crippen LogP) is 1.97. The Morgan fingerprint density at radius 2 is 2.00 bits per heavy atom. The van der Waals surface area contributed by atoms with E-state index in [0.717, 1.165) is 11.3 Å². The first kappa shape index (κ1) is 15.2. The normalized spacial score (nSPS) is 11.9. The number of rotatable bonds is 6. The van der Waals surface area contributed by atoms with Crippen molar-refractivity contribution in [2.24, 2.45) is 5.92 Å². The molecule has 1 atom stereocenters. The maximum absolute atomic E-state index is 12.1. The molecule has 1 aromatic heterocycles. The number of pyridine rings is 1. The molecule has 0 saturated heterocycles. The fraction of sp³-hybridized carbons (Fsp3) is 0.294. The average Bonchev–Trinajstić information content (AvgIpc) is 2.52. The Kier molecular flexibility index (Phi) is 5.46. The maximum atomic E-state index is 12.1. The zero-order chi connectivity index (χ0) is 15.1. The molecule has 0 saturated carbocycles. The lowest BCUT2D eigenvalue weighted by Crippen LogP contribution is -2.32.